The fourth-order valence-electron chi connectivity index (χ4n) is 1.96. The molecule has 5 N–H and O–H groups in total. The fraction of sp³-hybridized carbons (Fsp3) is 0.778. The predicted octanol–water partition coefficient (Wildman–Crippen LogP) is 0.206. The lowest BCUT2D eigenvalue weighted by atomic mass is 10.0. The standard InChI is InChI=1S/C18H32N2O8/c1-5-10(3)15(19)17(24)27-9-12(8-26-14(23)7-13(21)22)28-18(25)16(20)11(4)6-2/h10-12,15-16H,5-9,19-20H2,1-4H3,(H,21,22)/t10-,11-,12?,15-,16-/m0/s1. The maximum absolute atomic E-state index is 12.2. The van der Waals surface area contributed by atoms with Gasteiger partial charge in [0.15, 0.2) is 6.10 Å². The summed E-state index contributed by atoms with van der Waals surface area (Å²) in [5.74, 6) is -4.05. The number of carbonyl (C=O) groups excluding carboxylic acids is 3. The van der Waals surface area contributed by atoms with E-state index in [9.17, 15) is 19.2 Å². The van der Waals surface area contributed by atoms with Crippen molar-refractivity contribution in [3.8, 4) is 0 Å². The zero-order valence-electron chi connectivity index (χ0n) is 16.9. The van der Waals surface area contributed by atoms with Gasteiger partial charge in [0.2, 0.25) is 0 Å². The fourth-order valence-corrected chi connectivity index (χ4v) is 1.96. The summed E-state index contributed by atoms with van der Waals surface area (Å²) in [6.07, 6.45) is -0.655. The normalized spacial score (nSPS) is 16.2. The van der Waals surface area contributed by atoms with Crippen molar-refractivity contribution in [1.29, 1.82) is 0 Å². The summed E-state index contributed by atoms with van der Waals surface area (Å²) in [6.45, 7) is 6.43. The Balaban J connectivity index is 4.92. The maximum Gasteiger partial charge on any atom is 0.323 e. The highest BCUT2D eigenvalue weighted by atomic mass is 16.6. The van der Waals surface area contributed by atoms with Crippen molar-refractivity contribution in [1.82, 2.24) is 0 Å². The Morgan fingerprint density at radius 2 is 1.32 bits per heavy atom. The van der Waals surface area contributed by atoms with E-state index in [1.165, 1.54) is 0 Å². The first-order valence-electron chi connectivity index (χ1n) is 9.29. The molecule has 1 unspecified atom stereocenters. The highest BCUT2D eigenvalue weighted by Gasteiger charge is 2.28. The van der Waals surface area contributed by atoms with Gasteiger partial charge in [-0.3, -0.25) is 19.2 Å². The van der Waals surface area contributed by atoms with Crippen LogP contribution in [0, 0.1) is 11.8 Å². The molecule has 0 radical (unpaired) electrons. The molecule has 0 aromatic heterocycles. The van der Waals surface area contributed by atoms with E-state index in [-0.39, 0.29) is 11.8 Å². The first-order valence-corrected chi connectivity index (χ1v) is 9.29. The molecule has 0 aliphatic heterocycles. The quantitative estimate of drug-likeness (QED) is 0.219. The van der Waals surface area contributed by atoms with Crippen LogP contribution in [0.15, 0.2) is 0 Å². The van der Waals surface area contributed by atoms with Gasteiger partial charge < -0.3 is 30.8 Å². The molecular weight excluding hydrogens is 372 g/mol. The molecule has 0 saturated carbocycles. The third-order valence-corrected chi connectivity index (χ3v) is 4.48. The van der Waals surface area contributed by atoms with Gasteiger partial charge in [-0.05, 0) is 11.8 Å². The van der Waals surface area contributed by atoms with Crippen LogP contribution in [-0.4, -0.2) is 60.4 Å². The third kappa shape index (κ3) is 9.65. The SMILES string of the molecule is CC[C@H](C)[C@H](N)C(=O)OCC(COC(=O)CC(=O)O)OC(=O)[C@@H](N)[C@@H](C)CC. The molecular formula is C18H32N2O8. The van der Waals surface area contributed by atoms with E-state index < -0.39 is 61.7 Å². The molecule has 0 bridgehead atoms. The van der Waals surface area contributed by atoms with Crippen LogP contribution >= 0.6 is 0 Å². The molecule has 10 heteroatoms. The average Bonchev–Trinajstić information content (AvgIpc) is 2.66. The molecule has 28 heavy (non-hydrogen) atoms. The lowest BCUT2D eigenvalue weighted by Gasteiger charge is -2.23. The van der Waals surface area contributed by atoms with Crippen molar-refractivity contribution in [2.75, 3.05) is 13.2 Å². The number of hydrogen-bond donors (Lipinski definition) is 3. The van der Waals surface area contributed by atoms with E-state index in [0.717, 1.165) is 0 Å². The molecule has 0 aromatic rings. The first-order chi connectivity index (χ1) is 13.0. The second-order valence-corrected chi connectivity index (χ2v) is 6.77. The summed E-state index contributed by atoms with van der Waals surface area (Å²) in [6, 6.07) is -1.75. The minimum absolute atomic E-state index is 0.110. The molecule has 0 fully saturated rings. The number of nitrogens with two attached hydrogens (primary N) is 2. The summed E-state index contributed by atoms with van der Waals surface area (Å²) in [5, 5.41) is 8.58. The summed E-state index contributed by atoms with van der Waals surface area (Å²) < 4.78 is 15.1. The molecule has 0 heterocycles. The van der Waals surface area contributed by atoms with E-state index in [2.05, 4.69) is 0 Å². The van der Waals surface area contributed by atoms with Crippen LogP contribution in [0.25, 0.3) is 0 Å². The van der Waals surface area contributed by atoms with Crippen LogP contribution in [-0.2, 0) is 33.4 Å². The number of aliphatic carboxylic acids is 1. The number of ether oxygens (including phenoxy) is 3. The van der Waals surface area contributed by atoms with E-state index in [1.54, 1.807) is 13.8 Å². The maximum atomic E-state index is 12.2. The van der Waals surface area contributed by atoms with E-state index in [1.807, 2.05) is 13.8 Å². The Labute approximate surface area is 164 Å². The Morgan fingerprint density at radius 1 is 0.857 bits per heavy atom. The third-order valence-electron chi connectivity index (χ3n) is 4.48. The smallest absolute Gasteiger partial charge is 0.323 e. The van der Waals surface area contributed by atoms with Crippen LogP contribution in [0.2, 0.25) is 0 Å². The molecule has 0 saturated heterocycles. The zero-order chi connectivity index (χ0) is 21.9. The minimum Gasteiger partial charge on any atom is -0.481 e. The molecule has 0 amide bonds. The van der Waals surface area contributed by atoms with Crippen LogP contribution in [0.1, 0.15) is 47.0 Å². The topological polar surface area (TPSA) is 168 Å². The predicted molar refractivity (Wildman–Crippen MR) is 98.9 cm³/mol. The van der Waals surface area contributed by atoms with Crippen LogP contribution in [0.4, 0.5) is 0 Å². The van der Waals surface area contributed by atoms with Gasteiger partial charge in [0.05, 0.1) is 0 Å². The lowest BCUT2D eigenvalue weighted by molar-refractivity contribution is -0.170. The number of esters is 3. The van der Waals surface area contributed by atoms with Crippen molar-refractivity contribution < 1.29 is 38.5 Å². The Bertz CT molecular complexity index is 540. The van der Waals surface area contributed by atoms with Gasteiger partial charge in [-0.2, -0.15) is 0 Å². The van der Waals surface area contributed by atoms with Gasteiger partial charge in [0.25, 0.3) is 0 Å². The van der Waals surface area contributed by atoms with Crippen LogP contribution < -0.4 is 11.5 Å². The molecule has 10 nitrogen and oxygen atoms in total. The summed E-state index contributed by atoms with van der Waals surface area (Å²) in [5.41, 5.74) is 11.6. The van der Waals surface area contributed by atoms with Gasteiger partial charge >= 0.3 is 23.9 Å². The first kappa shape index (κ1) is 25.8. The van der Waals surface area contributed by atoms with E-state index in [4.69, 9.17) is 30.8 Å². The molecule has 5 atom stereocenters. The number of rotatable bonds is 13. The molecule has 0 aliphatic carbocycles. The zero-order valence-corrected chi connectivity index (χ0v) is 16.9. The second-order valence-electron chi connectivity index (χ2n) is 6.77. The largest absolute Gasteiger partial charge is 0.481 e. The van der Waals surface area contributed by atoms with Gasteiger partial charge in [-0.1, -0.05) is 40.5 Å². The van der Waals surface area contributed by atoms with Crippen LogP contribution in [0.5, 0.6) is 0 Å². The number of hydrogen-bond acceptors (Lipinski definition) is 9. The molecule has 0 rings (SSSR count). The minimum atomic E-state index is -1.36. The number of carboxylic acid groups (broad SMARTS) is 1. The molecule has 162 valence electrons. The highest BCUT2D eigenvalue weighted by Crippen LogP contribution is 2.10. The second kappa shape index (κ2) is 13.1. The van der Waals surface area contributed by atoms with E-state index in [0.29, 0.717) is 12.8 Å². The van der Waals surface area contributed by atoms with Crippen molar-refractivity contribution >= 4 is 23.9 Å². The Hall–Kier alpha value is -2.20. The molecule has 0 aromatic carbocycles. The van der Waals surface area contributed by atoms with Crippen LogP contribution in [0.3, 0.4) is 0 Å². The van der Waals surface area contributed by atoms with Gasteiger partial charge in [-0.25, -0.2) is 0 Å². The average molecular weight is 404 g/mol. The lowest BCUT2D eigenvalue weighted by Crippen LogP contribution is -2.43. The summed E-state index contributed by atoms with van der Waals surface area (Å²) in [4.78, 5) is 46.1. The van der Waals surface area contributed by atoms with Gasteiger partial charge in [0.1, 0.15) is 31.7 Å². The molecule has 0 spiro atoms. The Kier molecular flexibility index (Phi) is 12.0. The van der Waals surface area contributed by atoms with Crippen molar-refractivity contribution in [2.45, 2.75) is 65.1 Å². The van der Waals surface area contributed by atoms with Crippen molar-refractivity contribution in [3.63, 3.8) is 0 Å². The summed E-state index contributed by atoms with van der Waals surface area (Å²) >= 11 is 0. The highest BCUT2D eigenvalue weighted by molar-refractivity contribution is 5.90. The van der Waals surface area contributed by atoms with Gasteiger partial charge in [-0.15, -0.1) is 0 Å². The monoisotopic (exact) mass is 404 g/mol. The van der Waals surface area contributed by atoms with E-state index >= 15 is 0 Å². The number of carbonyl (C=O) groups is 4. The van der Waals surface area contributed by atoms with Crippen molar-refractivity contribution in [3.05, 3.63) is 0 Å². The Morgan fingerprint density at radius 3 is 1.79 bits per heavy atom. The van der Waals surface area contributed by atoms with Gasteiger partial charge in [0, 0.05) is 0 Å². The summed E-state index contributed by atoms with van der Waals surface area (Å²) in [7, 11) is 0. The van der Waals surface area contributed by atoms with Crippen molar-refractivity contribution in [2.24, 2.45) is 23.3 Å². The molecule has 0 aliphatic rings. The number of carboxylic acids is 1.